The number of hydrogen-bond acceptors (Lipinski definition) is 5. The van der Waals surface area contributed by atoms with Gasteiger partial charge in [-0.3, -0.25) is 19.3 Å². The Morgan fingerprint density at radius 3 is 2.23 bits per heavy atom. The molecule has 1 fully saturated rings. The van der Waals surface area contributed by atoms with Crippen molar-refractivity contribution in [2.24, 2.45) is 5.41 Å². The molecule has 1 aromatic rings. The minimum Gasteiger partial charge on any atom is -0.492 e. The second kappa shape index (κ2) is 10.4. The predicted octanol–water partition coefficient (Wildman–Crippen LogP) is 1.90. The maximum atomic E-state index is 12.7. The first-order chi connectivity index (χ1) is 14.1. The summed E-state index contributed by atoms with van der Waals surface area (Å²) < 4.78 is 5.75. The molecule has 2 atom stereocenters. The summed E-state index contributed by atoms with van der Waals surface area (Å²) in [6.45, 7) is 10.5. The molecule has 0 saturated carbocycles. The largest absolute Gasteiger partial charge is 0.492 e. The van der Waals surface area contributed by atoms with E-state index >= 15 is 0 Å². The smallest absolute Gasteiger partial charge is 0.325 e. The van der Waals surface area contributed by atoms with Crippen molar-refractivity contribution in [2.75, 3.05) is 26.2 Å². The Kier molecular flexibility index (Phi) is 8.23. The van der Waals surface area contributed by atoms with Crippen LogP contribution in [-0.4, -0.2) is 66.1 Å². The molecule has 1 saturated heterocycles. The van der Waals surface area contributed by atoms with E-state index in [1.165, 1.54) is 19.8 Å². The van der Waals surface area contributed by atoms with E-state index in [-0.39, 0.29) is 0 Å². The number of benzene rings is 1. The lowest BCUT2D eigenvalue weighted by molar-refractivity contribution is -0.142. The average molecular weight is 420 g/mol. The van der Waals surface area contributed by atoms with Crippen LogP contribution in [0.3, 0.4) is 0 Å². The monoisotopic (exact) mass is 419 g/mol. The first-order valence-corrected chi connectivity index (χ1v) is 10.4. The molecule has 30 heavy (non-hydrogen) atoms. The molecule has 0 aliphatic carbocycles. The molecule has 8 heteroatoms. The van der Waals surface area contributed by atoms with Crippen LogP contribution in [0.25, 0.3) is 0 Å². The van der Waals surface area contributed by atoms with Crippen LogP contribution in [0.15, 0.2) is 24.3 Å². The number of aliphatic carboxylic acids is 1. The summed E-state index contributed by atoms with van der Waals surface area (Å²) in [5, 5.41) is 14.2. The first-order valence-electron chi connectivity index (χ1n) is 10.4. The van der Waals surface area contributed by atoms with E-state index in [1.54, 1.807) is 45.0 Å². The van der Waals surface area contributed by atoms with Crippen LogP contribution in [0, 0.1) is 5.41 Å². The summed E-state index contributed by atoms with van der Waals surface area (Å²) in [4.78, 5) is 38.6. The number of hydrogen-bond donors (Lipinski definition) is 3. The number of carboxylic acids is 1. The van der Waals surface area contributed by atoms with E-state index in [2.05, 4.69) is 15.5 Å². The van der Waals surface area contributed by atoms with Gasteiger partial charge >= 0.3 is 5.97 Å². The lowest BCUT2D eigenvalue weighted by Gasteiger charge is -2.31. The van der Waals surface area contributed by atoms with Crippen LogP contribution >= 0.6 is 0 Å². The van der Waals surface area contributed by atoms with Gasteiger partial charge < -0.3 is 20.5 Å². The van der Waals surface area contributed by atoms with Crippen molar-refractivity contribution in [3.63, 3.8) is 0 Å². The van der Waals surface area contributed by atoms with E-state index in [4.69, 9.17) is 9.84 Å². The van der Waals surface area contributed by atoms with Gasteiger partial charge in [0, 0.05) is 12.1 Å². The fourth-order valence-corrected chi connectivity index (χ4v) is 3.25. The van der Waals surface area contributed by atoms with Crippen LogP contribution in [0.1, 0.15) is 50.9 Å². The molecule has 1 aromatic carbocycles. The Bertz CT molecular complexity index is 736. The molecule has 166 valence electrons. The third kappa shape index (κ3) is 7.02. The molecule has 1 unspecified atom stereocenters. The van der Waals surface area contributed by atoms with Crippen LogP contribution in [0.2, 0.25) is 0 Å². The van der Waals surface area contributed by atoms with Crippen molar-refractivity contribution >= 4 is 17.8 Å². The fourth-order valence-electron chi connectivity index (χ4n) is 3.25. The van der Waals surface area contributed by atoms with Crippen LogP contribution < -0.4 is 15.4 Å². The molecular formula is C22H33N3O5. The maximum Gasteiger partial charge on any atom is 0.325 e. The third-order valence-electron chi connectivity index (χ3n) is 5.12. The highest BCUT2D eigenvalue weighted by molar-refractivity contribution is 5.98. The average Bonchev–Trinajstić information content (AvgIpc) is 3.18. The Morgan fingerprint density at radius 2 is 1.70 bits per heavy atom. The molecule has 1 heterocycles. The molecule has 2 rings (SSSR count). The van der Waals surface area contributed by atoms with Crippen LogP contribution in [0.5, 0.6) is 5.75 Å². The summed E-state index contributed by atoms with van der Waals surface area (Å²) in [7, 11) is 0. The quantitative estimate of drug-likeness (QED) is 0.564. The van der Waals surface area contributed by atoms with Crippen LogP contribution in [0.4, 0.5) is 0 Å². The van der Waals surface area contributed by atoms with Crippen molar-refractivity contribution in [3.05, 3.63) is 29.8 Å². The lowest BCUT2D eigenvalue weighted by atomic mass is 9.85. The highest BCUT2D eigenvalue weighted by atomic mass is 16.5. The van der Waals surface area contributed by atoms with E-state index < -0.39 is 35.3 Å². The zero-order valence-corrected chi connectivity index (χ0v) is 18.2. The second-order valence-electron chi connectivity index (χ2n) is 8.76. The van der Waals surface area contributed by atoms with Gasteiger partial charge in [-0.05, 0) is 62.5 Å². The van der Waals surface area contributed by atoms with Gasteiger partial charge in [0.1, 0.15) is 24.4 Å². The van der Waals surface area contributed by atoms with Gasteiger partial charge in [-0.1, -0.05) is 20.8 Å². The number of rotatable bonds is 9. The Hall–Kier alpha value is -2.61. The topological polar surface area (TPSA) is 108 Å². The van der Waals surface area contributed by atoms with Crippen molar-refractivity contribution in [3.8, 4) is 5.75 Å². The zero-order chi connectivity index (χ0) is 22.3. The number of nitrogens with zero attached hydrogens (tertiary/aromatic N) is 1. The number of likely N-dealkylation sites (tertiary alicyclic amines) is 1. The van der Waals surface area contributed by atoms with E-state index in [0.717, 1.165) is 19.6 Å². The predicted molar refractivity (Wildman–Crippen MR) is 114 cm³/mol. The Labute approximate surface area is 178 Å². The van der Waals surface area contributed by atoms with Crippen LogP contribution in [-0.2, 0) is 9.59 Å². The van der Waals surface area contributed by atoms with E-state index in [0.29, 0.717) is 17.9 Å². The first kappa shape index (κ1) is 23.7. The molecule has 1 aliphatic rings. The number of amides is 2. The minimum atomic E-state index is -1.14. The van der Waals surface area contributed by atoms with Crippen molar-refractivity contribution < 1.29 is 24.2 Å². The minimum absolute atomic E-state index is 0.398. The maximum absolute atomic E-state index is 12.7. The molecule has 0 bridgehead atoms. The summed E-state index contributed by atoms with van der Waals surface area (Å²) >= 11 is 0. The number of carbonyl (C=O) groups excluding carboxylic acids is 2. The highest BCUT2D eigenvalue weighted by Crippen LogP contribution is 2.21. The molecule has 1 aliphatic heterocycles. The summed E-state index contributed by atoms with van der Waals surface area (Å²) in [5.74, 6) is -1.39. The SMILES string of the molecule is C[C@H](NC(=O)C(NC(=O)c1ccc(OCCN2CCCC2)cc1)C(C)(C)C)C(=O)O. The van der Waals surface area contributed by atoms with Gasteiger partial charge in [0.25, 0.3) is 5.91 Å². The molecular weight excluding hydrogens is 386 g/mol. The summed E-state index contributed by atoms with van der Waals surface area (Å²) in [6, 6.07) is 4.84. The number of nitrogens with one attached hydrogen (secondary N) is 2. The third-order valence-corrected chi connectivity index (χ3v) is 5.12. The molecule has 0 radical (unpaired) electrons. The zero-order valence-electron chi connectivity index (χ0n) is 18.2. The molecule has 3 N–H and O–H groups in total. The standard InChI is InChI=1S/C22H33N3O5/c1-15(21(28)29)23-20(27)18(22(2,3)4)24-19(26)16-7-9-17(10-8-16)30-14-13-25-11-5-6-12-25/h7-10,15,18H,5-6,11-14H2,1-4H3,(H,23,27)(H,24,26)(H,28,29)/t15-,18?/m0/s1. The van der Waals surface area contributed by atoms with Gasteiger partial charge in [-0.15, -0.1) is 0 Å². The second-order valence-corrected chi connectivity index (χ2v) is 8.76. The van der Waals surface area contributed by atoms with Gasteiger partial charge in [0.15, 0.2) is 0 Å². The highest BCUT2D eigenvalue weighted by Gasteiger charge is 2.34. The lowest BCUT2D eigenvalue weighted by Crippen LogP contribution is -2.56. The molecule has 8 nitrogen and oxygen atoms in total. The Morgan fingerprint density at radius 1 is 1.10 bits per heavy atom. The van der Waals surface area contributed by atoms with E-state index in [9.17, 15) is 14.4 Å². The van der Waals surface area contributed by atoms with E-state index in [1.807, 2.05) is 0 Å². The molecule has 0 aromatic heterocycles. The normalized spacial score (nSPS) is 16.5. The Balaban J connectivity index is 1.94. The summed E-state index contributed by atoms with van der Waals surface area (Å²) in [6.07, 6.45) is 2.49. The van der Waals surface area contributed by atoms with Crippen molar-refractivity contribution in [1.82, 2.24) is 15.5 Å². The van der Waals surface area contributed by atoms with Gasteiger partial charge in [-0.25, -0.2) is 0 Å². The van der Waals surface area contributed by atoms with Crippen molar-refractivity contribution in [2.45, 2.75) is 52.6 Å². The van der Waals surface area contributed by atoms with Crippen molar-refractivity contribution in [1.29, 1.82) is 0 Å². The molecule has 0 spiro atoms. The number of ether oxygens (including phenoxy) is 1. The van der Waals surface area contributed by atoms with Gasteiger partial charge in [-0.2, -0.15) is 0 Å². The van der Waals surface area contributed by atoms with Gasteiger partial charge in [0.2, 0.25) is 5.91 Å². The number of carboxylic acid groups (broad SMARTS) is 1. The number of carbonyl (C=O) groups is 3. The fraction of sp³-hybridized carbons (Fsp3) is 0.591. The van der Waals surface area contributed by atoms with Gasteiger partial charge in [0.05, 0.1) is 0 Å². The molecule has 2 amide bonds. The summed E-state index contributed by atoms with van der Waals surface area (Å²) in [5.41, 5.74) is -0.202.